The van der Waals surface area contributed by atoms with E-state index in [0.717, 1.165) is 0 Å². The number of para-hydroxylation sites is 2. The van der Waals surface area contributed by atoms with Crippen LogP contribution in [0, 0.1) is 10.1 Å². The Morgan fingerprint density at radius 2 is 1.85 bits per heavy atom. The van der Waals surface area contributed by atoms with E-state index in [1.165, 1.54) is 29.2 Å². The number of aliphatic hydroxyl groups is 1. The van der Waals surface area contributed by atoms with Crippen molar-refractivity contribution >= 4 is 23.1 Å². The topological polar surface area (TPSA) is 101 Å². The molecule has 7 nitrogen and oxygen atoms in total. The molecule has 2 aromatic rings. The molecule has 0 aromatic heterocycles. The number of nitro benzene ring substituents is 1. The monoisotopic (exact) mass is 354 g/mol. The number of fused-ring (bicyclic) bond motifs is 1. The van der Waals surface area contributed by atoms with Crippen molar-refractivity contribution in [3.05, 3.63) is 69.8 Å². The summed E-state index contributed by atoms with van der Waals surface area (Å²) in [6.45, 7) is 2.32. The molecule has 1 heterocycles. The molecule has 0 radical (unpaired) electrons. The number of amides is 1. The van der Waals surface area contributed by atoms with E-state index in [2.05, 4.69) is 0 Å². The van der Waals surface area contributed by atoms with Crippen LogP contribution < -0.4 is 4.90 Å². The highest BCUT2D eigenvalue weighted by atomic mass is 16.6. The van der Waals surface area contributed by atoms with E-state index in [9.17, 15) is 24.8 Å². The molecule has 1 aliphatic rings. The molecule has 134 valence electrons. The lowest BCUT2D eigenvalue weighted by molar-refractivity contribution is -0.385. The van der Waals surface area contributed by atoms with Crippen LogP contribution in [0.5, 0.6) is 0 Å². The quantitative estimate of drug-likeness (QED) is 0.488. The molecule has 26 heavy (non-hydrogen) atoms. The molecule has 0 spiro atoms. The van der Waals surface area contributed by atoms with Crippen molar-refractivity contribution in [1.82, 2.24) is 0 Å². The Balaban J connectivity index is 2.00. The van der Waals surface area contributed by atoms with Crippen molar-refractivity contribution in [2.75, 3.05) is 11.4 Å². The second-order valence-corrected chi connectivity index (χ2v) is 6.21. The van der Waals surface area contributed by atoms with Gasteiger partial charge in [-0.2, -0.15) is 0 Å². The van der Waals surface area contributed by atoms with Crippen LogP contribution in [0.4, 0.5) is 11.4 Å². The summed E-state index contributed by atoms with van der Waals surface area (Å²) in [6, 6.07) is 12.3. The van der Waals surface area contributed by atoms with Gasteiger partial charge in [-0.1, -0.05) is 37.3 Å². The molecule has 1 N–H and O–H groups in total. The molecular weight excluding hydrogens is 336 g/mol. The van der Waals surface area contributed by atoms with Gasteiger partial charge >= 0.3 is 0 Å². The van der Waals surface area contributed by atoms with Crippen molar-refractivity contribution in [3.8, 4) is 0 Å². The Bertz CT molecular complexity index is 895. The van der Waals surface area contributed by atoms with E-state index in [0.29, 0.717) is 24.2 Å². The molecule has 0 saturated carbocycles. The van der Waals surface area contributed by atoms with E-state index < -0.39 is 28.6 Å². The number of nitro groups is 1. The van der Waals surface area contributed by atoms with Gasteiger partial charge in [0.05, 0.1) is 22.6 Å². The predicted molar refractivity (Wildman–Crippen MR) is 95.0 cm³/mol. The van der Waals surface area contributed by atoms with E-state index in [1.807, 2.05) is 6.92 Å². The van der Waals surface area contributed by atoms with Crippen molar-refractivity contribution < 1.29 is 19.6 Å². The van der Waals surface area contributed by atoms with Crippen molar-refractivity contribution in [2.45, 2.75) is 25.4 Å². The Morgan fingerprint density at radius 1 is 1.19 bits per heavy atom. The first-order valence-corrected chi connectivity index (χ1v) is 8.30. The van der Waals surface area contributed by atoms with Gasteiger partial charge in [-0.05, 0) is 18.6 Å². The number of ketones is 1. The van der Waals surface area contributed by atoms with Crippen LogP contribution in [0.25, 0.3) is 0 Å². The number of nitrogens with zero attached hydrogens (tertiary/aromatic N) is 2. The normalized spacial score (nSPS) is 18.7. The van der Waals surface area contributed by atoms with Gasteiger partial charge in [-0.3, -0.25) is 19.7 Å². The van der Waals surface area contributed by atoms with Crippen LogP contribution in [-0.4, -0.2) is 28.3 Å². The lowest BCUT2D eigenvalue weighted by atomic mass is 9.88. The average Bonchev–Trinajstić information content (AvgIpc) is 2.84. The highest BCUT2D eigenvalue weighted by Gasteiger charge is 2.50. The van der Waals surface area contributed by atoms with E-state index in [4.69, 9.17) is 0 Å². The number of hydrogen-bond acceptors (Lipinski definition) is 5. The van der Waals surface area contributed by atoms with Gasteiger partial charge in [0.2, 0.25) is 0 Å². The second kappa shape index (κ2) is 6.68. The number of benzene rings is 2. The summed E-state index contributed by atoms with van der Waals surface area (Å²) in [5.41, 5.74) is -1.56. The summed E-state index contributed by atoms with van der Waals surface area (Å²) in [4.78, 5) is 37.5. The highest BCUT2D eigenvalue weighted by molar-refractivity contribution is 6.11. The van der Waals surface area contributed by atoms with E-state index in [-0.39, 0.29) is 11.3 Å². The van der Waals surface area contributed by atoms with Crippen LogP contribution in [0.2, 0.25) is 0 Å². The third-order valence-electron chi connectivity index (χ3n) is 4.50. The maximum atomic E-state index is 12.8. The number of carbonyl (C=O) groups excluding carboxylic acids is 2. The summed E-state index contributed by atoms with van der Waals surface area (Å²) >= 11 is 0. The minimum Gasteiger partial charge on any atom is -0.375 e. The van der Waals surface area contributed by atoms with Crippen molar-refractivity contribution in [2.24, 2.45) is 0 Å². The standard InChI is InChI=1S/C19H18N2O5/c1-2-11-20-16-10-6-4-8-14(16)19(24,18(20)23)12-17(22)13-7-3-5-9-15(13)21(25)26/h3-10,24H,2,11-12H2,1H3/t19-/m0/s1. The number of carbonyl (C=O) groups is 2. The third kappa shape index (κ3) is 2.76. The molecule has 7 heteroatoms. The Labute approximate surface area is 150 Å². The zero-order valence-corrected chi connectivity index (χ0v) is 14.2. The molecule has 0 saturated heterocycles. The zero-order chi connectivity index (χ0) is 18.9. The minimum absolute atomic E-state index is 0.120. The minimum atomic E-state index is -2.02. The van der Waals surface area contributed by atoms with Crippen molar-refractivity contribution in [3.63, 3.8) is 0 Å². The van der Waals surface area contributed by atoms with Gasteiger partial charge < -0.3 is 10.0 Å². The lowest BCUT2D eigenvalue weighted by Crippen LogP contribution is -2.42. The fourth-order valence-electron chi connectivity index (χ4n) is 3.32. The van der Waals surface area contributed by atoms with Gasteiger partial charge in [-0.15, -0.1) is 0 Å². The number of rotatable bonds is 6. The molecule has 1 amide bonds. The fraction of sp³-hybridized carbons (Fsp3) is 0.263. The van der Waals surface area contributed by atoms with E-state index in [1.54, 1.807) is 24.3 Å². The maximum Gasteiger partial charge on any atom is 0.280 e. The van der Waals surface area contributed by atoms with Gasteiger partial charge in [0.15, 0.2) is 11.4 Å². The van der Waals surface area contributed by atoms with Crippen molar-refractivity contribution in [1.29, 1.82) is 0 Å². The van der Waals surface area contributed by atoms with Crippen LogP contribution >= 0.6 is 0 Å². The average molecular weight is 354 g/mol. The molecule has 3 rings (SSSR count). The molecule has 1 atom stereocenters. The van der Waals surface area contributed by atoms with Gasteiger partial charge in [0, 0.05) is 18.2 Å². The Hall–Kier alpha value is -3.06. The molecule has 0 bridgehead atoms. The number of Topliss-reactive ketones (excluding diaryl/α,β-unsaturated/α-hetero) is 1. The smallest absolute Gasteiger partial charge is 0.280 e. The maximum absolute atomic E-state index is 12.8. The molecule has 2 aromatic carbocycles. The Kier molecular flexibility index (Phi) is 4.56. The summed E-state index contributed by atoms with van der Waals surface area (Å²) in [5.74, 6) is -1.23. The molecule has 0 fully saturated rings. The molecule has 0 unspecified atom stereocenters. The van der Waals surface area contributed by atoms with Crippen LogP contribution in [0.1, 0.15) is 35.7 Å². The van der Waals surface area contributed by atoms with Gasteiger partial charge in [-0.25, -0.2) is 0 Å². The largest absolute Gasteiger partial charge is 0.375 e. The lowest BCUT2D eigenvalue weighted by Gasteiger charge is -2.22. The zero-order valence-electron chi connectivity index (χ0n) is 14.2. The fourth-order valence-corrected chi connectivity index (χ4v) is 3.32. The van der Waals surface area contributed by atoms with Crippen LogP contribution in [-0.2, 0) is 10.4 Å². The number of hydrogen-bond donors (Lipinski definition) is 1. The SMILES string of the molecule is CCCN1C(=O)[C@](O)(CC(=O)c2ccccc2[N+](=O)[O-])c2ccccc21. The summed E-state index contributed by atoms with van der Waals surface area (Å²) in [6.07, 6.45) is 0.141. The summed E-state index contributed by atoms with van der Waals surface area (Å²) < 4.78 is 0. The summed E-state index contributed by atoms with van der Waals surface area (Å²) in [5, 5.41) is 22.2. The number of anilines is 1. The van der Waals surface area contributed by atoms with Gasteiger partial charge in [0.25, 0.3) is 11.6 Å². The second-order valence-electron chi connectivity index (χ2n) is 6.21. The molecule has 1 aliphatic heterocycles. The first-order chi connectivity index (χ1) is 12.4. The first-order valence-electron chi connectivity index (χ1n) is 8.30. The van der Waals surface area contributed by atoms with Gasteiger partial charge in [0.1, 0.15) is 0 Å². The predicted octanol–water partition coefficient (Wildman–Crippen LogP) is 2.81. The van der Waals surface area contributed by atoms with Crippen LogP contribution in [0.15, 0.2) is 48.5 Å². The molecule has 0 aliphatic carbocycles. The third-order valence-corrected chi connectivity index (χ3v) is 4.50. The van der Waals surface area contributed by atoms with Crippen LogP contribution in [0.3, 0.4) is 0 Å². The molecular formula is C19H18N2O5. The van der Waals surface area contributed by atoms with E-state index >= 15 is 0 Å². The highest BCUT2D eigenvalue weighted by Crippen LogP contribution is 2.43. The summed E-state index contributed by atoms with van der Waals surface area (Å²) in [7, 11) is 0. The Morgan fingerprint density at radius 3 is 2.54 bits per heavy atom. The first kappa shape index (κ1) is 17.8.